The number of para-hydroxylation sites is 1. The van der Waals surface area contributed by atoms with Crippen molar-refractivity contribution >= 4 is 5.78 Å². The van der Waals surface area contributed by atoms with Gasteiger partial charge in [-0.05, 0) is 30.9 Å². The fourth-order valence-electron chi connectivity index (χ4n) is 4.28. The van der Waals surface area contributed by atoms with Gasteiger partial charge in [0.25, 0.3) is 0 Å². The second-order valence-corrected chi connectivity index (χ2v) is 7.16. The van der Waals surface area contributed by atoms with Crippen LogP contribution in [-0.2, 0) is 4.79 Å². The van der Waals surface area contributed by atoms with Crippen molar-refractivity contribution in [1.29, 1.82) is 0 Å². The van der Waals surface area contributed by atoms with Gasteiger partial charge in [-0.15, -0.1) is 0 Å². The molecule has 2 aliphatic carbocycles. The van der Waals surface area contributed by atoms with Gasteiger partial charge in [-0.1, -0.05) is 43.9 Å². The number of hydrogen-bond acceptors (Lipinski definition) is 4. The van der Waals surface area contributed by atoms with Gasteiger partial charge in [0.1, 0.15) is 24.2 Å². The highest BCUT2D eigenvalue weighted by molar-refractivity contribution is 5.93. The van der Waals surface area contributed by atoms with Crippen molar-refractivity contribution < 1.29 is 19.7 Å². The highest BCUT2D eigenvalue weighted by atomic mass is 16.5. The molecule has 1 unspecified atom stereocenters. The van der Waals surface area contributed by atoms with E-state index in [1.165, 1.54) is 0 Å². The molecule has 0 saturated heterocycles. The molecule has 0 bridgehead atoms. The van der Waals surface area contributed by atoms with Crippen LogP contribution in [0.5, 0.6) is 5.75 Å². The predicted molar refractivity (Wildman–Crippen MR) is 90.2 cm³/mol. The van der Waals surface area contributed by atoms with Crippen LogP contribution in [-0.4, -0.2) is 34.8 Å². The lowest BCUT2D eigenvalue weighted by atomic mass is 9.45. The fraction of sp³-hybridized carbons (Fsp3) is 0.550. The Hall–Kier alpha value is -1.83. The Balaban J connectivity index is 1.64. The van der Waals surface area contributed by atoms with Crippen molar-refractivity contribution in [3.63, 3.8) is 0 Å². The molecule has 2 N–H and O–H groups in total. The molecule has 0 heterocycles. The topological polar surface area (TPSA) is 66.8 Å². The average Bonchev–Trinajstić information content (AvgIpc) is 2.60. The van der Waals surface area contributed by atoms with Gasteiger partial charge in [-0.2, -0.15) is 0 Å². The number of Topliss-reactive ketones (excluding diaryl/α,β-unsaturated/α-hetero) is 1. The lowest BCUT2D eigenvalue weighted by Crippen LogP contribution is -2.62. The summed E-state index contributed by atoms with van der Waals surface area (Å²) in [7, 11) is 0. The van der Waals surface area contributed by atoms with Gasteiger partial charge < -0.3 is 14.9 Å². The van der Waals surface area contributed by atoms with Gasteiger partial charge in [0.2, 0.25) is 0 Å². The molecular weight excluding hydrogens is 304 g/mol. The van der Waals surface area contributed by atoms with Gasteiger partial charge in [0, 0.05) is 11.3 Å². The molecular formula is C20H24O4. The van der Waals surface area contributed by atoms with Crippen LogP contribution < -0.4 is 4.74 Å². The summed E-state index contributed by atoms with van der Waals surface area (Å²) in [4.78, 5) is 12.2. The summed E-state index contributed by atoms with van der Waals surface area (Å²) < 4.78 is 5.49. The van der Waals surface area contributed by atoms with Crippen LogP contribution in [0, 0.1) is 35.0 Å². The predicted octanol–water partition coefficient (Wildman–Crippen LogP) is 2.04. The van der Waals surface area contributed by atoms with Crippen LogP contribution in [0.2, 0.25) is 0 Å². The van der Waals surface area contributed by atoms with Crippen molar-refractivity contribution in [3.05, 3.63) is 30.3 Å². The third kappa shape index (κ3) is 2.94. The Labute approximate surface area is 142 Å². The standard InChI is InChI=1S/C20H24O4/c1-13-18-16(17(22)10-11-20(18,2)19(13)23)9-8-14(21)12-24-15-6-4-3-5-7-15/h3-7,13-14,16-18,21-22H,10-12H2,1-2H3/t13?,14-,16-,17+,18+,20-/m0/s1. The monoisotopic (exact) mass is 328 g/mol. The summed E-state index contributed by atoms with van der Waals surface area (Å²) in [6, 6.07) is 9.26. The van der Waals surface area contributed by atoms with Gasteiger partial charge in [0.05, 0.1) is 12.0 Å². The van der Waals surface area contributed by atoms with Crippen molar-refractivity contribution in [1.82, 2.24) is 0 Å². The largest absolute Gasteiger partial charge is 0.490 e. The first-order valence-corrected chi connectivity index (χ1v) is 8.53. The van der Waals surface area contributed by atoms with Crippen LogP contribution >= 0.6 is 0 Å². The van der Waals surface area contributed by atoms with E-state index in [0.717, 1.165) is 6.42 Å². The molecule has 4 nitrogen and oxygen atoms in total. The van der Waals surface area contributed by atoms with Crippen molar-refractivity contribution in [3.8, 4) is 17.6 Å². The molecule has 0 spiro atoms. The number of aliphatic hydroxyl groups is 2. The maximum Gasteiger partial charge on any atom is 0.148 e. The molecule has 6 atom stereocenters. The van der Waals surface area contributed by atoms with Gasteiger partial charge in [-0.3, -0.25) is 4.79 Å². The summed E-state index contributed by atoms with van der Waals surface area (Å²) in [5, 5.41) is 20.3. The maximum absolute atomic E-state index is 12.2. The molecule has 4 heteroatoms. The second-order valence-electron chi connectivity index (χ2n) is 7.16. The molecule has 2 saturated carbocycles. The van der Waals surface area contributed by atoms with E-state index in [9.17, 15) is 15.0 Å². The average molecular weight is 328 g/mol. The molecule has 0 radical (unpaired) electrons. The molecule has 0 amide bonds. The third-order valence-corrected chi connectivity index (χ3v) is 5.58. The molecule has 0 aromatic heterocycles. The Morgan fingerprint density at radius 1 is 1.38 bits per heavy atom. The first-order valence-electron chi connectivity index (χ1n) is 8.53. The highest BCUT2D eigenvalue weighted by Gasteiger charge is 2.62. The minimum Gasteiger partial charge on any atom is -0.490 e. The first-order chi connectivity index (χ1) is 11.4. The van der Waals surface area contributed by atoms with Crippen molar-refractivity contribution in [2.75, 3.05) is 6.61 Å². The maximum atomic E-state index is 12.2. The fourth-order valence-corrected chi connectivity index (χ4v) is 4.28. The van der Waals surface area contributed by atoms with Crippen LogP contribution in [0.25, 0.3) is 0 Å². The zero-order chi connectivity index (χ0) is 17.3. The van der Waals surface area contributed by atoms with Gasteiger partial charge in [0.15, 0.2) is 0 Å². The van der Waals surface area contributed by atoms with E-state index in [1.807, 2.05) is 44.2 Å². The van der Waals surface area contributed by atoms with Crippen LogP contribution in [0.15, 0.2) is 30.3 Å². The number of carbonyl (C=O) groups excluding carboxylic acids is 1. The van der Waals surface area contributed by atoms with E-state index >= 15 is 0 Å². The lowest BCUT2D eigenvalue weighted by molar-refractivity contribution is -0.169. The molecule has 128 valence electrons. The number of rotatable bonds is 3. The number of ether oxygens (including phenoxy) is 1. The van der Waals surface area contributed by atoms with Crippen LogP contribution in [0.3, 0.4) is 0 Å². The first kappa shape index (κ1) is 17.0. The normalized spacial score (nSPS) is 35.9. The Morgan fingerprint density at radius 3 is 2.79 bits per heavy atom. The van der Waals surface area contributed by atoms with E-state index in [-0.39, 0.29) is 35.6 Å². The number of hydrogen-bond donors (Lipinski definition) is 2. The summed E-state index contributed by atoms with van der Waals surface area (Å²) in [5.74, 6) is 6.54. The van der Waals surface area contributed by atoms with Gasteiger partial charge in [-0.25, -0.2) is 0 Å². The molecule has 0 aliphatic heterocycles. The zero-order valence-electron chi connectivity index (χ0n) is 14.1. The van der Waals surface area contributed by atoms with Crippen molar-refractivity contribution in [2.45, 2.75) is 38.9 Å². The minimum absolute atomic E-state index is 0.0676. The van der Waals surface area contributed by atoms with E-state index in [0.29, 0.717) is 12.2 Å². The Kier molecular flexibility index (Phi) is 4.67. The number of aliphatic hydroxyl groups excluding tert-OH is 2. The van der Waals surface area contributed by atoms with E-state index in [4.69, 9.17) is 4.74 Å². The lowest BCUT2D eigenvalue weighted by Gasteiger charge is -2.56. The molecule has 1 aromatic carbocycles. The summed E-state index contributed by atoms with van der Waals surface area (Å²) in [6.45, 7) is 3.97. The number of benzene rings is 1. The second kappa shape index (κ2) is 6.58. The third-order valence-electron chi connectivity index (χ3n) is 5.58. The summed E-state index contributed by atoms with van der Waals surface area (Å²) in [6.07, 6.45) is -0.147. The summed E-state index contributed by atoms with van der Waals surface area (Å²) >= 11 is 0. The molecule has 2 fully saturated rings. The molecule has 3 rings (SSSR count). The van der Waals surface area contributed by atoms with E-state index in [2.05, 4.69) is 11.8 Å². The minimum atomic E-state index is -0.920. The number of fused-ring (bicyclic) bond motifs is 1. The molecule has 2 aliphatic rings. The van der Waals surface area contributed by atoms with E-state index < -0.39 is 12.2 Å². The Morgan fingerprint density at radius 2 is 2.08 bits per heavy atom. The van der Waals surface area contributed by atoms with Crippen molar-refractivity contribution in [2.24, 2.45) is 23.2 Å². The molecule has 24 heavy (non-hydrogen) atoms. The smallest absolute Gasteiger partial charge is 0.148 e. The van der Waals surface area contributed by atoms with Gasteiger partial charge >= 0.3 is 0 Å². The quantitative estimate of drug-likeness (QED) is 0.834. The van der Waals surface area contributed by atoms with E-state index in [1.54, 1.807) is 0 Å². The van der Waals surface area contributed by atoms with Crippen LogP contribution in [0.4, 0.5) is 0 Å². The zero-order valence-corrected chi connectivity index (χ0v) is 14.1. The number of ketones is 1. The SMILES string of the molecule is CC1C(=O)[C@@]2(C)CC[C@@H](O)[C@H](C#C[C@H](O)COc3ccccc3)[C@@H]12. The van der Waals surface area contributed by atoms with Crippen LogP contribution in [0.1, 0.15) is 26.7 Å². The summed E-state index contributed by atoms with van der Waals surface area (Å²) in [5.41, 5.74) is -0.358. The highest BCUT2D eigenvalue weighted by Crippen LogP contribution is 2.57. The molecule has 1 aromatic rings. The number of carbonyl (C=O) groups is 1. The Bertz CT molecular complexity index is 659.